The zero-order chi connectivity index (χ0) is 15.7. The monoisotopic (exact) mass is 309 g/mol. The zero-order valence-corrected chi connectivity index (χ0v) is 12.5. The molecule has 2 heterocycles. The lowest BCUT2D eigenvalue weighted by Crippen LogP contribution is -1.98. The minimum Gasteiger partial charge on any atom is -0.384 e. The van der Waals surface area contributed by atoms with Gasteiger partial charge >= 0.3 is 0 Å². The quantitative estimate of drug-likeness (QED) is 0.787. The van der Waals surface area contributed by atoms with Crippen molar-refractivity contribution in [3.8, 4) is 23.0 Å². The third-order valence-corrected chi connectivity index (χ3v) is 3.83. The number of anilines is 1. The first kappa shape index (κ1) is 14.1. The van der Waals surface area contributed by atoms with Crippen LogP contribution in [0.1, 0.15) is 11.3 Å². The molecular weight excluding hydrogens is 298 g/mol. The van der Waals surface area contributed by atoms with Crippen molar-refractivity contribution in [2.45, 2.75) is 6.92 Å². The van der Waals surface area contributed by atoms with Gasteiger partial charge in [0.05, 0.1) is 11.4 Å². The Kier molecular flexibility index (Phi) is 3.53. The van der Waals surface area contributed by atoms with E-state index in [2.05, 4.69) is 16.0 Å². The van der Waals surface area contributed by atoms with E-state index in [0.29, 0.717) is 22.2 Å². The number of benzene rings is 1. The molecule has 0 bridgehead atoms. The highest BCUT2D eigenvalue weighted by Gasteiger charge is 2.12. The second kappa shape index (κ2) is 5.51. The molecule has 0 saturated carbocycles. The van der Waals surface area contributed by atoms with Gasteiger partial charge in [0.2, 0.25) is 0 Å². The van der Waals surface area contributed by atoms with Crippen LogP contribution in [0.4, 0.5) is 5.82 Å². The maximum atomic E-state index is 9.39. The summed E-state index contributed by atoms with van der Waals surface area (Å²) in [5.74, 6) is 0.384. The van der Waals surface area contributed by atoms with Crippen LogP contribution in [0.15, 0.2) is 42.9 Å². The van der Waals surface area contributed by atoms with Gasteiger partial charge in [0.25, 0.3) is 0 Å². The molecule has 0 aliphatic rings. The highest BCUT2D eigenvalue weighted by molar-refractivity contribution is 6.31. The Balaban J connectivity index is 2.18. The molecule has 0 aliphatic heterocycles. The van der Waals surface area contributed by atoms with Crippen LogP contribution in [-0.2, 0) is 0 Å². The van der Waals surface area contributed by atoms with Crippen LogP contribution in [0.5, 0.6) is 0 Å². The maximum absolute atomic E-state index is 9.39. The van der Waals surface area contributed by atoms with Crippen LogP contribution < -0.4 is 5.73 Å². The summed E-state index contributed by atoms with van der Waals surface area (Å²) in [6.07, 6.45) is 3.25. The number of nitriles is 1. The summed E-state index contributed by atoms with van der Waals surface area (Å²) in [6, 6.07) is 11.2. The van der Waals surface area contributed by atoms with Crippen molar-refractivity contribution < 1.29 is 0 Å². The van der Waals surface area contributed by atoms with Crippen LogP contribution in [0.25, 0.3) is 16.9 Å². The van der Waals surface area contributed by atoms with Gasteiger partial charge in [0.1, 0.15) is 23.9 Å². The molecular formula is C16H12ClN5. The van der Waals surface area contributed by atoms with E-state index in [1.807, 2.05) is 31.3 Å². The minimum atomic E-state index is 0.384. The molecule has 0 amide bonds. The molecule has 1 aromatic carbocycles. The van der Waals surface area contributed by atoms with Crippen LogP contribution >= 0.6 is 11.6 Å². The topological polar surface area (TPSA) is 80.5 Å². The zero-order valence-electron chi connectivity index (χ0n) is 11.8. The van der Waals surface area contributed by atoms with E-state index in [4.69, 9.17) is 17.3 Å². The average Bonchev–Trinajstić information content (AvgIpc) is 2.94. The molecule has 2 aromatic heterocycles. The summed E-state index contributed by atoms with van der Waals surface area (Å²) in [7, 11) is 0. The van der Waals surface area contributed by atoms with E-state index in [1.54, 1.807) is 16.7 Å². The van der Waals surface area contributed by atoms with Gasteiger partial charge in [-0.05, 0) is 30.7 Å². The van der Waals surface area contributed by atoms with Gasteiger partial charge in [0, 0.05) is 22.8 Å². The van der Waals surface area contributed by atoms with Crippen molar-refractivity contribution in [3.05, 3.63) is 59.1 Å². The fourth-order valence-corrected chi connectivity index (χ4v) is 2.45. The molecule has 0 saturated heterocycles. The number of hydrogen-bond acceptors (Lipinski definition) is 4. The molecule has 3 aromatic rings. The van der Waals surface area contributed by atoms with Gasteiger partial charge in [0.15, 0.2) is 0 Å². The summed E-state index contributed by atoms with van der Waals surface area (Å²) in [4.78, 5) is 8.07. The van der Waals surface area contributed by atoms with Gasteiger partial charge in [-0.1, -0.05) is 17.7 Å². The van der Waals surface area contributed by atoms with Crippen molar-refractivity contribution in [1.29, 1.82) is 5.26 Å². The van der Waals surface area contributed by atoms with E-state index < -0.39 is 0 Å². The highest BCUT2D eigenvalue weighted by atomic mass is 35.5. The van der Waals surface area contributed by atoms with E-state index in [0.717, 1.165) is 16.8 Å². The molecule has 6 heteroatoms. The minimum absolute atomic E-state index is 0.384. The van der Waals surface area contributed by atoms with Crippen molar-refractivity contribution in [2.24, 2.45) is 0 Å². The summed E-state index contributed by atoms with van der Waals surface area (Å²) < 4.78 is 1.80. The maximum Gasteiger partial charge on any atom is 0.127 e. The number of rotatable bonds is 2. The standard InChI is InChI=1S/C16H12ClN5/c1-10-13(17)3-2-4-15(10)22-8-11(5-12(22)7-18)14-6-16(19)21-9-20-14/h2-6,8-9H,1H3,(H2,19,20,21). The fourth-order valence-electron chi connectivity index (χ4n) is 2.28. The largest absolute Gasteiger partial charge is 0.384 e. The first-order valence-electron chi connectivity index (χ1n) is 6.56. The molecule has 0 aliphatic carbocycles. The van der Waals surface area contributed by atoms with Gasteiger partial charge in [-0.3, -0.25) is 0 Å². The van der Waals surface area contributed by atoms with Gasteiger partial charge in [-0.2, -0.15) is 5.26 Å². The third kappa shape index (κ3) is 2.41. The molecule has 0 fully saturated rings. The SMILES string of the molecule is Cc1c(Cl)cccc1-n1cc(-c2cc(N)ncn2)cc1C#N. The molecule has 22 heavy (non-hydrogen) atoms. The average molecular weight is 310 g/mol. The number of nitrogens with two attached hydrogens (primary N) is 1. The Morgan fingerprint density at radius 1 is 1.27 bits per heavy atom. The molecule has 0 radical (unpaired) electrons. The first-order chi connectivity index (χ1) is 10.6. The molecule has 5 nitrogen and oxygen atoms in total. The predicted octanol–water partition coefficient (Wildman–Crippen LogP) is 3.35. The van der Waals surface area contributed by atoms with Crippen molar-refractivity contribution in [1.82, 2.24) is 14.5 Å². The van der Waals surface area contributed by atoms with Gasteiger partial charge < -0.3 is 10.3 Å². The number of nitrogens with zero attached hydrogens (tertiary/aromatic N) is 4. The van der Waals surface area contributed by atoms with E-state index in [1.165, 1.54) is 6.33 Å². The summed E-state index contributed by atoms with van der Waals surface area (Å²) >= 11 is 6.17. The van der Waals surface area contributed by atoms with Crippen molar-refractivity contribution in [3.63, 3.8) is 0 Å². The number of nitrogen functional groups attached to an aromatic ring is 1. The van der Waals surface area contributed by atoms with Crippen LogP contribution in [0.2, 0.25) is 5.02 Å². The second-order valence-corrected chi connectivity index (χ2v) is 5.22. The first-order valence-corrected chi connectivity index (χ1v) is 6.94. The molecule has 3 rings (SSSR count). The summed E-state index contributed by atoms with van der Waals surface area (Å²) in [6.45, 7) is 1.92. The molecule has 108 valence electrons. The lowest BCUT2D eigenvalue weighted by molar-refractivity contribution is 1.03. The van der Waals surface area contributed by atoms with Crippen LogP contribution in [0.3, 0.4) is 0 Å². The van der Waals surface area contributed by atoms with E-state index >= 15 is 0 Å². The lowest BCUT2D eigenvalue weighted by Gasteiger charge is -2.09. The Morgan fingerprint density at radius 3 is 2.82 bits per heavy atom. The molecule has 0 atom stereocenters. The Hall–Kier alpha value is -2.84. The van der Waals surface area contributed by atoms with Crippen LogP contribution in [-0.4, -0.2) is 14.5 Å². The smallest absolute Gasteiger partial charge is 0.127 e. The Bertz CT molecular complexity index is 892. The second-order valence-electron chi connectivity index (χ2n) is 4.81. The van der Waals surface area contributed by atoms with E-state index in [-0.39, 0.29) is 0 Å². The number of hydrogen-bond donors (Lipinski definition) is 1. The molecule has 0 unspecified atom stereocenters. The number of halogens is 1. The summed E-state index contributed by atoms with van der Waals surface area (Å²) in [5, 5.41) is 10.0. The molecule has 0 spiro atoms. The van der Waals surface area contributed by atoms with Crippen LogP contribution in [0, 0.1) is 18.3 Å². The van der Waals surface area contributed by atoms with Crippen molar-refractivity contribution >= 4 is 17.4 Å². The Labute approximate surface area is 132 Å². The van der Waals surface area contributed by atoms with Crippen molar-refractivity contribution in [2.75, 3.05) is 5.73 Å². The van der Waals surface area contributed by atoms with Gasteiger partial charge in [-0.15, -0.1) is 0 Å². The third-order valence-electron chi connectivity index (χ3n) is 3.42. The number of aromatic nitrogens is 3. The normalized spacial score (nSPS) is 10.4. The fraction of sp³-hybridized carbons (Fsp3) is 0.0625. The van der Waals surface area contributed by atoms with E-state index in [9.17, 15) is 5.26 Å². The van der Waals surface area contributed by atoms with Gasteiger partial charge in [-0.25, -0.2) is 9.97 Å². The predicted molar refractivity (Wildman–Crippen MR) is 85.7 cm³/mol. The highest BCUT2D eigenvalue weighted by Crippen LogP contribution is 2.27. The summed E-state index contributed by atoms with van der Waals surface area (Å²) in [5.41, 5.74) is 9.42. The Morgan fingerprint density at radius 2 is 2.09 bits per heavy atom. The molecule has 2 N–H and O–H groups in total. The lowest BCUT2D eigenvalue weighted by atomic mass is 10.2.